The Morgan fingerprint density at radius 1 is 1.03 bits per heavy atom. The summed E-state index contributed by atoms with van der Waals surface area (Å²) in [5, 5.41) is 4.84. The first-order chi connectivity index (χ1) is 15.4. The monoisotopic (exact) mass is 471 g/mol. The molecule has 10 heteroatoms. The van der Waals surface area contributed by atoms with Gasteiger partial charge in [-0.25, -0.2) is 18.2 Å². The second kappa shape index (κ2) is 9.60. The molecule has 0 aliphatic carbocycles. The van der Waals surface area contributed by atoms with E-state index in [-0.39, 0.29) is 10.5 Å². The summed E-state index contributed by atoms with van der Waals surface area (Å²) < 4.78 is 31.6. The molecule has 0 bridgehead atoms. The molecule has 2 aromatic carbocycles. The summed E-state index contributed by atoms with van der Waals surface area (Å²) in [6.07, 6.45) is 1.69. The van der Waals surface area contributed by atoms with Gasteiger partial charge in [0.25, 0.3) is 5.91 Å². The van der Waals surface area contributed by atoms with Gasteiger partial charge < -0.3 is 4.74 Å². The van der Waals surface area contributed by atoms with Crippen molar-refractivity contribution in [3.8, 4) is 11.3 Å². The van der Waals surface area contributed by atoms with Gasteiger partial charge in [-0.1, -0.05) is 30.3 Å². The Morgan fingerprint density at radius 3 is 2.41 bits per heavy atom. The Balaban J connectivity index is 1.31. The van der Waals surface area contributed by atoms with Crippen LogP contribution < -0.4 is 5.32 Å². The second-order valence-corrected chi connectivity index (χ2v) is 9.96. The van der Waals surface area contributed by atoms with E-state index in [1.54, 1.807) is 0 Å². The number of aromatic nitrogens is 1. The zero-order valence-corrected chi connectivity index (χ0v) is 18.7. The van der Waals surface area contributed by atoms with Crippen LogP contribution >= 0.6 is 11.3 Å². The summed E-state index contributed by atoms with van der Waals surface area (Å²) >= 11 is 1.27. The molecule has 1 aromatic heterocycles. The number of amides is 1. The fraction of sp³-hybridized carbons (Fsp3) is 0.227. The molecule has 166 valence electrons. The minimum atomic E-state index is -3.55. The lowest BCUT2D eigenvalue weighted by molar-refractivity contribution is -0.119. The summed E-state index contributed by atoms with van der Waals surface area (Å²) in [6.45, 7) is 0.535. The van der Waals surface area contributed by atoms with Crippen molar-refractivity contribution < 1.29 is 22.7 Å². The molecule has 4 rings (SSSR count). The number of nitrogens with zero attached hydrogens (tertiary/aromatic N) is 2. The highest BCUT2D eigenvalue weighted by Crippen LogP contribution is 2.24. The predicted molar refractivity (Wildman–Crippen MR) is 121 cm³/mol. The Hall–Kier alpha value is -3.08. The van der Waals surface area contributed by atoms with Crippen molar-refractivity contribution in [1.29, 1.82) is 0 Å². The fourth-order valence-corrected chi connectivity index (χ4v) is 5.54. The Morgan fingerprint density at radius 2 is 1.72 bits per heavy atom. The molecule has 0 atom stereocenters. The number of carbonyl (C=O) groups excluding carboxylic acids is 2. The zero-order chi connectivity index (χ0) is 22.6. The van der Waals surface area contributed by atoms with Gasteiger partial charge in [0, 0.05) is 24.0 Å². The van der Waals surface area contributed by atoms with Crippen molar-refractivity contribution in [2.24, 2.45) is 0 Å². The molecule has 1 N–H and O–H groups in total. The summed E-state index contributed by atoms with van der Waals surface area (Å²) in [5.74, 6) is -1.23. The lowest BCUT2D eigenvalue weighted by Crippen LogP contribution is -2.27. The van der Waals surface area contributed by atoms with E-state index in [1.165, 1.54) is 39.9 Å². The molecular weight excluding hydrogens is 450 g/mol. The van der Waals surface area contributed by atoms with Crippen molar-refractivity contribution >= 4 is 38.4 Å². The summed E-state index contributed by atoms with van der Waals surface area (Å²) in [7, 11) is -3.55. The van der Waals surface area contributed by atoms with Crippen LogP contribution in [0.4, 0.5) is 5.13 Å². The second-order valence-electron chi connectivity index (χ2n) is 7.16. The Labute approximate surface area is 189 Å². The topological polar surface area (TPSA) is 106 Å². The molecule has 1 saturated heterocycles. The van der Waals surface area contributed by atoms with Gasteiger partial charge in [0.2, 0.25) is 10.0 Å². The molecule has 0 radical (unpaired) electrons. The van der Waals surface area contributed by atoms with Gasteiger partial charge in [-0.2, -0.15) is 4.31 Å². The van der Waals surface area contributed by atoms with Crippen molar-refractivity contribution in [1.82, 2.24) is 9.29 Å². The van der Waals surface area contributed by atoms with Crippen LogP contribution in [0, 0.1) is 0 Å². The number of esters is 1. The van der Waals surface area contributed by atoms with Crippen LogP contribution in [0.1, 0.15) is 23.2 Å². The van der Waals surface area contributed by atoms with Crippen LogP contribution in [0.5, 0.6) is 0 Å². The molecule has 1 fully saturated rings. The highest BCUT2D eigenvalue weighted by atomic mass is 32.2. The van der Waals surface area contributed by atoms with E-state index in [1.807, 2.05) is 35.7 Å². The standard InChI is InChI=1S/C22H21N3O5S2/c26-20(24-22-23-19(15-31-22)16-6-2-1-3-7-16)14-30-21(27)17-8-10-18(11-9-17)32(28,29)25-12-4-5-13-25/h1-3,6-11,15H,4-5,12-14H2,(H,23,24,26). The van der Waals surface area contributed by atoms with Gasteiger partial charge >= 0.3 is 5.97 Å². The van der Waals surface area contributed by atoms with Crippen molar-refractivity contribution in [2.75, 3.05) is 25.0 Å². The first kappa shape index (κ1) is 22.1. The number of sulfonamides is 1. The normalized spacial score (nSPS) is 14.2. The quantitative estimate of drug-likeness (QED) is 0.530. The number of hydrogen-bond acceptors (Lipinski definition) is 7. The maximum absolute atomic E-state index is 12.5. The van der Waals surface area contributed by atoms with E-state index < -0.39 is 28.5 Å². The highest BCUT2D eigenvalue weighted by molar-refractivity contribution is 7.89. The third-order valence-electron chi connectivity index (χ3n) is 4.95. The van der Waals surface area contributed by atoms with Gasteiger partial charge in [0.05, 0.1) is 16.2 Å². The van der Waals surface area contributed by atoms with E-state index in [0.717, 1.165) is 24.1 Å². The maximum atomic E-state index is 12.5. The number of hydrogen-bond donors (Lipinski definition) is 1. The third-order valence-corrected chi connectivity index (χ3v) is 7.62. The van der Waals surface area contributed by atoms with Gasteiger partial charge in [0.15, 0.2) is 11.7 Å². The summed E-state index contributed by atoms with van der Waals surface area (Å²) in [6, 6.07) is 15.1. The van der Waals surface area contributed by atoms with E-state index in [2.05, 4.69) is 10.3 Å². The number of ether oxygens (including phenoxy) is 1. The van der Waals surface area contributed by atoms with Gasteiger partial charge in [-0.15, -0.1) is 11.3 Å². The number of anilines is 1. The first-order valence-corrected chi connectivity index (χ1v) is 12.3. The molecule has 1 aliphatic heterocycles. The fourth-order valence-electron chi connectivity index (χ4n) is 3.28. The van der Waals surface area contributed by atoms with Crippen molar-refractivity contribution in [2.45, 2.75) is 17.7 Å². The lowest BCUT2D eigenvalue weighted by atomic mass is 10.2. The zero-order valence-electron chi connectivity index (χ0n) is 17.1. The molecule has 0 unspecified atom stereocenters. The molecule has 3 aromatic rings. The molecule has 8 nitrogen and oxygen atoms in total. The van der Waals surface area contributed by atoms with E-state index in [9.17, 15) is 18.0 Å². The van der Waals surface area contributed by atoms with Crippen LogP contribution in [0.3, 0.4) is 0 Å². The molecule has 32 heavy (non-hydrogen) atoms. The molecule has 2 heterocycles. The average Bonchev–Trinajstić information content (AvgIpc) is 3.51. The SMILES string of the molecule is O=C(COC(=O)c1ccc(S(=O)(=O)N2CCCC2)cc1)Nc1nc(-c2ccccc2)cs1. The number of nitrogens with one attached hydrogen (secondary N) is 1. The van der Waals surface area contributed by atoms with Gasteiger partial charge in [-0.3, -0.25) is 10.1 Å². The van der Waals surface area contributed by atoms with Crippen molar-refractivity contribution in [3.63, 3.8) is 0 Å². The Bertz CT molecular complexity index is 1200. The molecule has 1 amide bonds. The lowest BCUT2D eigenvalue weighted by Gasteiger charge is -2.15. The third kappa shape index (κ3) is 5.04. The molecule has 0 saturated carbocycles. The van der Waals surface area contributed by atoms with E-state index >= 15 is 0 Å². The summed E-state index contributed by atoms with van der Waals surface area (Å²) in [4.78, 5) is 28.8. The van der Waals surface area contributed by atoms with Crippen LogP contribution in [0.2, 0.25) is 0 Å². The highest BCUT2D eigenvalue weighted by Gasteiger charge is 2.27. The van der Waals surface area contributed by atoms with Crippen LogP contribution in [-0.4, -0.2) is 49.3 Å². The minimum absolute atomic E-state index is 0.131. The Kier molecular flexibility index (Phi) is 6.63. The largest absolute Gasteiger partial charge is 0.452 e. The van der Waals surface area contributed by atoms with Crippen LogP contribution in [0.15, 0.2) is 64.9 Å². The number of benzene rings is 2. The van der Waals surface area contributed by atoms with E-state index in [4.69, 9.17) is 4.74 Å². The maximum Gasteiger partial charge on any atom is 0.338 e. The molecule has 0 spiro atoms. The number of thiazole rings is 1. The van der Waals surface area contributed by atoms with Crippen molar-refractivity contribution in [3.05, 3.63) is 65.5 Å². The number of carbonyl (C=O) groups is 2. The van der Waals surface area contributed by atoms with Gasteiger partial charge in [0.1, 0.15) is 0 Å². The first-order valence-electron chi connectivity index (χ1n) is 10.0. The summed E-state index contributed by atoms with van der Waals surface area (Å²) in [5.41, 5.74) is 1.84. The molecule has 1 aliphatic rings. The van der Waals surface area contributed by atoms with Crippen LogP contribution in [-0.2, 0) is 19.6 Å². The molecular formula is C22H21N3O5S2. The average molecular weight is 472 g/mol. The smallest absolute Gasteiger partial charge is 0.338 e. The predicted octanol–water partition coefficient (Wildman–Crippen LogP) is 3.39. The van der Waals surface area contributed by atoms with E-state index in [0.29, 0.717) is 18.2 Å². The van der Waals surface area contributed by atoms with Crippen LogP contribution in [0.25, 0.3) is 11.3 Å². The van der Waals surface area contributed by atoms with Gasteiger partial charge in [-0.05, 0) is 37.1 Å². The minimum Gasteiger partial charge on any atom is -0.452 e. The number of rotatable bonds is 7.